The Morgan fingerprint density at radius 3 is 2.77 bits per heavy atom. The Bertz CT molecular complexity index is 274. The Hall–Kier alpha value is -0.900. The number of carbonyl (C=O) groups is 1. The van der Waals surface area contributed by atoms with Crippen molar-refractivity contribution < 1.29 is 4.79 Å². The molecule has 0 aliphatic heterocycles. The average Bonchev–Trinajstić information content (AvgIpc) is 2.50. The average molecular weight is 198 g/mol. The van der Waals surface area contributed by atoms with Gasteiger partial charge in [0.05, 0.1) is 11.7 Å². The first-order chi connectivity index (χ1) is 5.99. The smallest absolute Gasteiger partial charge is 0.263 e. The van der Waals surface area contributed by atoms with Gasteiger partial charge in [-0.2, -0.15) is 0 Å². The SMILES string of the molecule is CC(C)(C)CNC(=O)c1cncs1. The molecule has 1 aromatic heterocycles. The minimum Gasteiger partial charge on any atom is -0.351 e. The topological polar surface area (TPSA) is 42.0 Å². The molecule has 4 heteroatoms. The van der Waals surface area contributed by atoms with Crippen LogP contribution in [0, 0.1) is 5.41 Å². The maximum absolute atomic E-state index is 11.4. The predicted octanol–water partition coefficient (Wildman–Crippen LogP) is 1.92. The first-order valence-corrected chi connectivity index (χ1v) is 5.04. The summed E-state index contributed by atoms with van der Waals surface area (Å²) in [5.74, 6) is -0.0302. The van der Waals surface area contributed by atoms with E-state index in [1.165, 1.54) is 11.3 Å². The van der Waals surface area contributed by atoms with Crippen molar-refractivity contribution in [1.29, 1.82) is 0 Å². The Balaban J connectivity index is 2.44. The molecule has 3 nitrogen and oxygen atoms in total. The minimum atomic E-state index is -0.0302. The lowest BCUT2D eigenvalue weighted by molar-refractivity contribution is 0.0943. The first-order valence-electron chi connectivity index (χ1n) is 4.16. The summed E-state index contributed by atoms with van der Waals surface area (Å²) < 4.78 is 0. The molecule has 0 aliphatic carbocycles. The lowest BCUT2D eigenvalue weighted by Crippen LogP contribution is -2.31. The van der Waals surface area contributed by atoms with Crippen LogP contribution in [0.2, 0.25) is 0 Å². The second-order valence-electron chi connectivity index (χ2n) is 4.11. The monoisotopic (exact) mass is 198 g/mol. The van der Waals surface area contributed by atoms with Gasteiger partial charge in [0.1, 0.15) is 4.88 Å². The Labute approximate surface area is 82.2 Å². The molecule has 0 radical (unpaired) electrons. The quantitative estimate of drug-likeness (QED) is 0.788. The van der Waals surface area contributed by atoms with Crippen molar-refractivity contribution in [2.75, 3.05) is 6.54 Å². The van der Waals surface area contributed by atoms with Gasteiger partial charge in [0.15, 0.2) is 0 Å². The van der Waals surface area contributed by atoms with E-state index in [-0.39, 0.29) is 11.3 Å². The van der Waals surface area contributed by atoms with Gasteiger partial charge in [-0.1, -0.05) is 20.8 Å². The maximum Gasteiger partial charge on any atom is 0.263 e. The molecule has 0 aliphatic rings. The van der Waals surface area contributed by atoms with Crippen molar-refractivity contribution in [3.63, 3.8) is 0 Å². The number of nitrogens with one attached hydrogen (secondary N) is 1. The van der Waals surface area contributed by atoms with Crippen molar-refractivity contribution in [2.45, 2.75) is 20.8 Å². The molecule has 1 aromatic rings. The van der Waals surface area contributed by atoms with Gasteiger partial charge in [-0.25, -0.2) is 0 Å². The number of rotatable bonds is 2. The van der Waals surface area contributed by atoms with Crippen LogP contribution in [0.5, 0.6) is 0 Å². The molecule has 0 aromatic carbocycles. The standard InChI is InChI=1S/C9H14N2OS/c1-9(2,3)5-11-8(12)7-4-10-6-13-7/h4,6H,5H2,1-3H3,(H,11,12). The minimum absolute atomic E-state index is 0.0302. The summed E-state index contributed by atoms with van der Waals surface area (Å²) in [4.78, 5) is 15.9. The second kappa shape index (κ2) is 3.87. The summed E-state index contributed by atoms with van der Waals surface area (Å²) in [6, 6.07) is 0. The van der Waals surface area contributed by atoms with Crippen LogP contribution in [0.15, 0.2) is 11.7 Å². The van der Waals surface area contributed by atoms with Crippen LogP contribution in [0.25, 0.3) is 0 Å². The number of hydrogen-bond acceptors (Lipinski definition) is 3. The normalized spacial score (nSPS) is 11.3. The van der Waals surface area contributed by atoms with E-state index < -0.39 is 0 Å². The Morgan fingerprint density at radius 2 is 2.31 bits per heavy atom. The van der Waals surface area contributed by atoms with E-state index in [2.05, 4.69) is 31.1 Å². The van der Waals surface area contributed by atoms with Crippen LogP contribution in [0.3, 0.4) is 0 Å². The summed E-state index contributed by atoms with van der Waals surface area (Å²) in [6.45, 7) is 6.93. The summed E-state index contributed by atoms with van der Waals surface area (Å²) >= 11 is 1.36. The summed E-state index contributed by atoms with van der Waals surface area (Å²) in [6.07, 6.45) is 1.59. The van der Waals surface area contributed by atoms with Crippen LogP contribution in [0.1, 0.15) is 30.4 Å². The predicted molar refractivity (Wildman–Crippen MR) is 53.9 cm³/mol. The summed E-state index contributed by atoms with van der Waals surface area (Å²) in [5, 5.41) is 2.86. The number of aromatic nitrogens is 1. The van der Waals surface area contributed by atoms with E-state index in [9.17, 15) is 4.79 Å². The molecule has 1 amide bonds. The fourth-order valence-corrected chi connectivity index (χ4v) is 1.30. The van der Waals surface area contributed by atoms with Crippen LogP contribution < -0.4 is 5.32 Å². The van der Waals surface area contributed by atoms with Crippen LogP contribution in [-0.4, -0.2) is 17.4 Å². The van der Waals surface area contributed by atoms with Gasteiger partial charge in [0.25, 0.3) is 5.91 Å². The molecule has 0 spiro atoms. The number of thiazole rings is 1. The Morgan fingerprint density at radius 1 is 1.62 bits per heavy atom. The maximum atomic E-state index is 11.4. The molecule has 0 bridgehead atoms. The fourth-order valence-electron chi connectivity index (χ4n) is 0.760. The van der Waals surface area contributed by atoms with E-state index in [1.807, 2.05) is 0 Å². The first kappa shape index (κ1) is 10.2. The molecule has 1 rings (SSSR count). The third-order valence-electron chi connectivity index (χ3n) is 1.44. The number of nitrogens with zero attached hydrogens (tertiary/aromatic N) is 1. The fraction of sp³-hybridized carbons (Fsp3) is 0.556. The number of amides is 1. The lowest BCUT2D eigenvalue weighted by Gasteiger charge is -2.18. The highest BCUT2D eigenvalue weighted by Gasteiger charge is 2.13. The molecular formula is C9H14N2OS. The van der Waals surface area contributed by atoms with E-state index >= 15 is 0 Å². The zero-order chi connectivity index (χ0) is 9.90. The largest absolute Gasteiger partial charge is 0.351 e. The van der Waals surface area contributed by atoms with Crippen LogP contribution in [-0.2, 0) is 0 Å². The molecule has 13 heavy (non-hydrogen) atoms. The zero-order valence-corrected chi connectivity index (χ0v) is 8.94. The molecular weight excluding hydrogens is 184 g/mol. The molecule has 1 N–H and O–H groups in total. The molecule has 1 heterocycles. The molecule has 0 atom stereocenters. The van der Waals surface area contributed by atoms with Gasteiger partial charge in [0.2, 0.25) is 0 Å². The highest BCUT2D eigenvalue weighted by Crippen LogP contribution is 2.11. The van der Waals surface area contributed by atoms with Gasteiger partial charge >= 0.3 is 0 Å². The summed E-state index contributed by atoms with van der Waals surface area (Å²) in [7, 11) is 0. The molecule has 0 saturated heterocycles. The van der Waals surface area contributed by atoms with Crippen molar-refractivity contribution in [2.24, 2.45) is 5.41 Å². The molecule has 72 valence electrons. The lowest BCUT2D eigenvalue weighted by atomic mass is 9.97. The molecule has 0 fully saturated rings. The highest BCUT2D eigenvalue weighted by molar-refractivity contribution is 7.11. The highest BCUT2D eigenvalue weighted by atomic mass is 32.1. The number of carbonyl (C=O) groups excluding carboxylic acids is 1. The third-order valence-corrected chi connectivity index (χ3v) is 2.21. The van der Waals surface area contributed by atoms with Crippen LogP contribution >= 0.6 is 11.3 Å². The third kappa shape index (κ3) is 3.55. The van der Waals surface area contributed by atoms with Gasteiger partial charge in [0, 0.05) is 6.54 Å². The van der Waals surface area contributed by atoms with Gasteiger partial charge in [-0.15, -0.1) is 11.3 Å². The zero-order valence-electron chi connectivity index (χ0n) is 8.13. The molecule has 0 saturated carbocycles. The van der Waals surface area contributed by atoms with Crippen molar-refractivity contribution in [3.8, 4) is 0 Å². The second-order valence-corrected chi connectivity index (χ2v) is 5.00. The van der Waals surface area contributed by atoms with Gasteiger partial charge < -0.3 is 5.32 Å². The van der Waals surface area contributed by atoms with Crippen molar-refractivity contribution in [3.05, 3.63) is 16.6 Å². The van der Waals surface area contributed by atoms with Crippen molar-refractivity contribution >= 4 is 17.2 Å². The number of hydrogen-bond donors (Lipinski definition) is 1. The summed E-state index contributed by atoms with van der Waals surface area (Å²) in [5.41, 5.74) is 1.78. The van der Waals surface area contributed by atoms with E-state index in [0.717, 1.165) is 0 Å². The van der Waals surface area contributed by atoms with Crippen molar-refractivity contribution in [1.82, 2.24) is 10.3 Å². The van der Waals surface area contributed by atoms with Crippen LogP contribution in [0.4, 0.5) is 0 Å². The molecule has 0 unspecified atom stereocenters. The van der Waals surface area contributed by atoms with E-state index in [4.69, 9.17) is 0 Å². The van der Waals surface area contributed by atoms with Gasteiger partial charge in [-0.05, 0) is 5.41 Å². The van der Waals surface area contributed by atoms with E-state index in [0.29, 0.717) is 11.4 Å². The van der Waals surface area contributed by atoms with Gasteiger partial charge in [-0.3, -0.25) is 9.78 Å². The Kier molecular flexibility index (Phi) is 3.03. The van der Waals surface area contributed by atoms with E-state index in [1.54, 1.807) is 11.7 Å².